The number of halogens is 2. The number of nitrogens with zero attached hydrogens (tertiary/aromatic N) is 1. The second-order valence-electron chi connectivity index (χ2n) is 3.50. The van der Waals surface area contributed by atoms with Crippen molar-refractivity contribution >= 4 is 21.6 Å². The molecule has 7 heteroatoms. The van der Waals surface area contributed by atoms with Crippen molar-refractivity contribution in [2.75, 3.05) is 6.61 Å². The molecule has 16 heavy (non-hydrogen) atoms. The van der Waals surface area contributed by atoms with Gasteiger partial charge in [0, 0.05) is 4.47 Å². The van der Waals surface area contributed by atoms with Gasteiger partial charge in [-0.05, 0) is 12.1 Å². The van der Waals surface area contributed by atoms with Crippen LogP contribution in [0, 0.1) is 15.9 Å². The predicted octanol–water partition coefficient (Wildman–Crippen LogP) is 1.89. The normalized spacial score (nSPS) is 23.9. The van der Waals surface area contributed by atoms with E-state index in [1.54, 1.807) is 0 Å². The number of nitrogens with two attached hydrogens (primary N) is 1. The van der Waals surface area contributed by atoms with E-state index in [1.807, 2.05) is 0 Å². The smallest absolute Gasteiger partial charge is 0.310 e. The standard InChI is InChI=1S/C9H8BrFN2O3/c10-4-1-5(9-7(12)3-16-9)8(13(14)15)6(11)2-4/h1-2,7,9H,3,12H2. The molecule has 1 heterocycles. The van der Waals surface area contributed by atoms with Crippen LogP contribution in [0.25, 0.3) is 0 Å². The minimum atomic E-state index is -0.892. The van der Waals surface area contributed by atoms with Gasteiger partial charge in [0.05, 0.1) is 23.1 Å². The maximum absolute atomic E-state index is 13.4. The Morgan fingerprint density at radius 1 is 1.62 bits per heavy atom. The average Bonchev–Trinajstić information content (AvgIpc) is 2.13. The molecular weight excluding hydrogens is 283 g/mol. The molecule has 1 aliphatic rings. The van der Waals surface area contributed by atoms with Crippen LogP contribution in [0.1, 0.15) is 11.7 Å². The van der Waals surface area contributed by atoms with Gasteiger partial charge in [-0.2, -0.15) is 4.39 Å². The van der Waals surface area contributed by atoms with Crippen LogP contribution in [0.15, 0.2) is 16.6 Å². The minimum absolute atomic E-state index is 0.177. The number of hydrogen-bond acceptors (Lipinski definition) is 4. The van der Waals surface area contributed by atoms with Crippen molar-refractivity contribution in [3.63, 3.8) is 0 Å². The van der Waals surface area contributed by atoms with Gasteiger partial charge in [-0.15, -0.1) is 0 Å². The summed E-state index contributed by atoms with van der Waals surface area (Å²) in [6.45, 7) is 0.329. The van der Waals surface area contributed by atoms with Gasteiger partial charge in [0.15, 0.2) is 0 Å². The van der Waals surface area contributed by atoms with Gasteiger partial charge < -0.3 is 10.5 Å². The second-order valence-corrected chi connectivity index (χ2v) is 4.42. The van der Waals surface area contributed by atoms with Gasteiger partial charge >= 0.3 is 5.69 Å². The van der Waals surface area contributed by atoms with Crippen LogP contribution < -0.4 is 5.73 Å². The summed E-state index contributed by atoms with van der Waals surface area (Å²) in [6, 6.07) is 2.18. The van der Waals surface area contributed by atoms with Crippen molar-refractivity contribution in [1.82, 2.24) is 0 Å². The number of rotatable bonds is 2. The third-order valence-corrected chi connectivity index (χ3v) is 2.86. The Kier molecular flexibility index (Phi) is 2.92. The lowest BCUT2D eigenvalue weighted by atomic mass is 9.97. The van der Waals surface area contributed by atoms with Crippen LogP contribution >= 0.6 is 15.9 Å². The molecule has 2 rings (SSSR count). The molecule has 0 aliphatic carbocycles. The first kappa shape index (κ1) is 11.4. The highest BCUT2D eigenvalue weighted by atomic mass is 79.9. The molecule has 0 saturated carbocycles. The molecule has 0 radical (unpaired) electrons. The number of nitro groups is 1. The van der Waals surface area contributed by atoms with Crippen LogP contribution in [0.3, 0.4) is 0 Å². The molecule has 0 bridgehead atoms. The minimum Gasteiger partial charge on any atom is -0.370 e. The fourth-order valence-electron chi connectivity index (χ4n) is 1.62. The lowest BCUT2D eigenvalue weighted by molar-refractivity contribution is -0.389. The largest absolute Gasteiger partial charge is 0.370 e. The van der Waals surface area contributed by atoms with Crippen LogP contribution in [0.4, 0.5) is 10.1 Å². The van der Waals surface area contributed by atoms with E-state index in [1.165, 1.54) is 6.07 Å². The fraction of sp³-hybridized carbons (Fsp3) is 0.333. The molecule has 1 fully saturated rings. The van der Waals surface area contributed by atoms with E-state index in [-0.39, 0.29) is 11.6 Å². The van der Waals surface area contributed by atoms with E-state index in [0.717, 1.165) is 6.07 Å². The lowest BCUT2D eigenvalue weighted by Crippen LogP contribution is -2.45. The molecule has 0 amide bonds. The molecule has 2 unspecified atom stereocenters. The van der Waals surface area contributed by atoms with Crippen LogP contribution in [-0.4, -0.2) is 17.6 Å². The summed E-state index contributed by atoms with van der Waals surface area (Å²) in [4.78, 5) is 10.0. The quantitative estimate of drug-likeness (QED) is 0.666. The lowest BCUT2D eigenvalue weighted by Gasteiger charge is -2.33. The van der Waals surface area contributed by atoms with Crippen molar-refractivity contribution in [3.8, 4) is 0 Å². The summed E-state index contributed by atoms with van der Waals surface area (Å²) in [5, 5.41) is 10.8. The van der Waals surface area contributed by atoms with Crippen molar-refractivity contribution in [3.05, 3.63) is 38.1 Å². The zero-order chi connectivity index (χ0) is 11.9. The fourth-order valence-corrected chi connectivity index (χ4v) is 2.07. The van der Waals surface area contributed by atoms with E-state index >= 15 is 0 Å². The Morgan fingerprint density at radius 3 is 2.75 bits per heavy atom. The summed E-state index contributed by atoms with van der Waals surface area (Å²) in [5.41, 5.74) is 5.25. The molecule has 1 saturated heterocycles. The molecule has 2 N–H and O–H groups in total. The molecule has 5 nitrogen and oxygen atoms in total. The first-order chi connectivity index (χ1) is 7.50. The summed E-state index contributed by atoms with van der Waals surface area (Å²) in [5.74, 6) is -0.892. The number of hydrogen-bond donors (Lipinski definition) is 1. The first-order valence-electron chi connectivity index (χ1n) is 4.51. The van der Waals surface area contributed by atoms with Crippen LogP contribution in [0.2, 0.25) is 0 Å². The van der Waals surface area contributed by atoms with Gasteiger partial charge in [-0.25, -0.2) is 0 Å². The SMILES string of the molecule is NC1COC1c1cc(Br)cc(F)c1[N+](=O)[O-]. The number of benzene rings is 1. The molecular formula is C9H8BrFN2O3. The molecule has 86 valence electrons. The monoisotopic (exact) mass is 290 g/mol. The maximum Gasteiger partial charge on any atom is 0.310 e. The Hall–Kier alpha value is -1.05. The highest BCUT2D eigenvalue weighted by Crippen LogP contribution is 2.38. The second kappa shape index (κ2) is 4.08. The zero-order valence-corrected chi connectivity index (χ0v) is 9.61. The highest BCUT2D eigenvalue weighted by Gasteiger charge is 2.37. The molecule has 2 atom stereocenters. The summed E-state index contributed by atoms with van der Waals surface area (Å²) in [6.07, 6.45) is -0.604. The van der Waals surface area contributed by atoms with Gasteiger partial charge in [-0.1, -0.05) is 15.9 Å². The van der Waals surface area contributed by atoms with Crippen molar-refractivity contribution in [2.45, 2.75) is 12.1 Å². The first-order valence-corrected chi connectivity index (χ1v) is 5.30. The van der Waals surface area contributed by atoms with E-state index in [0.29, 0.717) is 11.1 Å². The van der Waals surface area contributed by atoms with Gasteiger partial charge in [0.2, 0.25) is 5.82 Å². The predicted molar refractivity (Wildman–Crippen MR) is 57.4 cm³/mol. The topological polar surface area (TPSA) is 78.4 Å². The average molecular weight is 291 g/mol. The summed E-state index contributed by atoms with van der Waals surface area (Å²) in [7, 11) is 0. The Morgan fingerprint density at radius 2 is 2.31 bits per heavy atom. The van der Waals surface area contributed by atoms with E-state index in [9.17, 15) is 14.5 Å². The molecule has 1 aliphatic heterocycles. The molecule has 1 aromatic carbocycles. The van der Waals surface area contributed by atoms with Crippen LogP contribution in [0.5, 0.6) is 0 Å². The van der Waals surface area contributed by atoms with E-state index in [2.05, 4.69) is 15.9 Å². The Labute approximate surface area is 98.7 Å². The van der Waals surface area contributed by atoms with Gasteiger partial charge in [0.1, 0.15) is 6.10 Å². The summed E-state index contributed by atoms with van der Waals surface area (Å²) < 4.78 is 19.0. The van der Waals surface area contributed by atoms with Crippen molar-refractivity contribution in [2.24, 2.45) is 5.73 Å². The highest BCUT2D eigenvalue weighted by molar-refractivity contribution is 9.10. The number of ether oxygens (including phenoxy) is 1. The third kappa shape index (κ3) is 1.81. The number of nitro benzene ring substituents is 1. The van der Waals surface area contributed by atoms with Gasteiger partial charge in [0.25, 0.3) is 0 Å². The Bertz CT molecular complexity index is 455. The molecule has 0 spiro atoms. The van der Waals surface area contributed by atoms with Crippen LogP contribution in [-0.2, 0) is 4.74 Å². The maximum atomic E-state index is 13.4. The molecule has 1 aromatic rings. The van der Waals surface area contributed by atoms with E-state index < -0.39 is 22.5 Å². The molecule has 0 aromatic heterocycles. The van der Waals surface area contributed by atoms with Crippen molar-refractivity contribution < 1.29 is 14.1 Å². The Balaban J connectivity index is 2.53. The summed E-state index contributed by atoms with van der Waals surface area (Å²) >= 11 is 3.08. The van der Waals surface area contributed by atoms with Crippen molar-refractivity contribution in [1.29, 1.82) is 0 Å². The zero-order valence-electron chi connectivity index (χ0n) is 8.02. The van der Waals surface area contributed by atoms with Gasteiger partial charge in [-0.3, -0.25) is 10.1 Å². The third-order valence-electron chi connectivity index (χ3n) is 2.40. The van der Waals surface area contributed by atoms with E-state index in [4.69, 9.17) is 10.5 Å².